The number of rotatable bonds is 6. The van der Waals surface area contributed by atoms with Crippen molar-refractivity contribution in [2.24, 2.45) is 0 Å². The minimum absolute atomic E-state index is 0.139. The van der Waals surface area contributed by atoms with Crippen LogP contribution in [0.2, 0.25) is 0 Å². The van der Waals surface area contributed by atoms with E-state index in [0.29, 0.717) is 22.5 Å². The van der Waals surface area contributed by atoms with Crippen molar-refractivity contribution in [2.75, 3.05) is 7.05 Å². The predicted molar refractivity (Wildman–Crippen MR) is 109 cm³/mol. The summed E-state index contributed by atoms with van der Waals surface area (Å²) in [6.45, 7) is 2.10. The predicted octanol–water partition coefficient (Wildman–Crippen LogP) is 4.79. The van der Waals surface area contributed by atoms with Gasteiger partial charge in [0, 0.05) is 19.2 Å². The molecule has 1 aromatic heterocycles. The molecule has 0 spiro atoms. The fourth-order valence-electron chi connectivity index (χ4n) is 2.82. The fourth-order valence-corrected chi connectivity index (χ4v) is 3.46. The molecule has 0 fully saturated rings. The molecule has 0 saturated heterocycles. The van der Waals surface area contributed by atoms with Crippen LogP contribution >= 0.6 is 11.3 Å². The maximum Gasteiger partial charge on any atom is 0.261 e. The van der Waals surface area contributed by atoms with E-state index in [4.69, 9.17) is 0 Å². The van der Waals surface area contributed by atoms with Crippen LogP contribution in [0.15, 0.2) is 60.0 Å². The third-order valence-corrected chi connectivity index (χ3v) is 5.59. The fraction of sp³-hybridized carbons (Fsp3) is 0.182. The third-order valence-electron chi connectivity index (χ3n) is 4.73. The maximum absolute atomic E-state index is 13.5. The molecule has 29 heavy (non-hydrogen) atoms. The second kappa shape index (κ2) is 8.96. The number of carbonyl (C=O) groups excluding carboxylic acids is 2. The number of nitrogens with zero attached hydrogens (tertiary/aromatic N) is 1. The van der Waals surface area contributed by atoms with Gasteiger partial charge in [-0.15, -0.1) is 11.3 Å². The molecule has 1 atom stereocenters. The number of hydrogen-bond acceptors (Lipinski definition) is 3. The first kappa shape index (κ1) is 20.7. The van der Waals surface area contributed by atoms with Crippen LogP contribution in [0.25, 0.3) is 0 Å². The van der Waals surface area contributed by atoms with Gasteiger partial charge in [0.25, 0.3) is 11.8 Å². The topological polar surface area (TPSA) is 49.4 Å². The lowest BCUT2D eigenvalue weighted by molar-refractivity contribution is 0.0742. The summed E-state index contributed by atoms with van der Waals surface area (Å²) in [6.07, 6.45) is 0. The van der Waals surface area contributed by atoms with Gasteiger partial charge in [-0.2, -0.15) is 0 Å². The third kappa shape index (κ3) is 4.86. The van der Waals surface area contributed by atoms with Crippen molar-refractivity contribution in [1.82, 2.24) is 10.2 Å². The number of benzene rings is 2. The molecule has 0 aliphatic rings. The minimum Gasteiger partial charge on any atom is -0.347 e. The van der Waals surface area contributed by atoms with Crippen LogP contribution in [0, 0.1) is 11.6 Å². The Morgan fingerprint density at radius 3 is 2.41 bits per heavy atom. The molecular weight excluding hydrogens is 394 g/mol. The number of nitrogens with one attached hydrogen (secondary N) is 1. The summed E-state index contributed by atoms with van der Waals surface area (Å²) in [5, 5.41) is 4.67. The SMILES string of the molecule is CC(c1ccc(F)c(F)c1)N(C)C(=O)c1ccc(CNC(=O)c2cccs2)cc1. The highest BCUT2D eigenvalue weighted by Crippen LogP contribution is 2.22. The second-order valence-corrected chi connectivity index (χ2v) is 7.57. The van der Waals surface area contributed by atoms with Crippen molar-refractivity contribution < 1.29 is 18.4 Å². The monoisotopic (exact) mass is 414 g/mol. The average molecular weight is 414 g/mol. The van der Waals surface area contributed by atoms with Crippen LogP contribution in [0.4, 0.5) is 8.78 Å². The molecule has 2 amide bonds. The van der Waals surface area contributed by atoms with Crippen LogP contribution in [0.5, 0.6) is 0 Å². The minimum atomic E-state index is -0.941. The Bertz CT molecular complexity index is 1000. The molecule has 0 aliphatic carbocycles. The molecule has 4 nitrogen and oxygen atoms in total. The molecule has 3 aromatic rings. The smallest absolute Gasteiger partial charge is 0.261 e. The van der Waals surface area contributed by atoms with E-state index in [-0.39, 0.29) is 11.8 Å². The van der Waals surface area contributed by atoms with Crippen LogP contribution in [0.1, 0.15) is 44.1 Å². The van der Waals surface area contributed by atoms with Gasteiger partial charge in [-0.1, -0.05) is 24.3 Å². The summed E-state index contributed by atoms with van der Waals surface area (Å²) in [4.78, 5) is 26.8. The lowest BCUT2D eigenvalue weighted by Gasteiger charge is -2.25. The molecule has 3 rings (SSSR count). The van der Waals surface area contributed by atoms with Crippen LogP contribution in [-0.2, 0) is 6.54 Å². The van der Waals surface area contributed by atoms with Crippen molar-refractivity contribution in [3.63, 3.8) is 0 Å². The van der Waals surface area contributed by atoms with Gasteiger partial charge in [0.1, 0.15) is 0 Å². The van der Waals surface area contributed by atoms with Gasteiger partial charge < -0.3 is 10.2 Å². The summed E-state index contributed by atoms with van der Waals surface area (Å²) < 4.78 is 26.6. The summed E-state index contributed by atoms with van der Waals surface area (Å²) in [7, 11) is 1.61. The van der Waals surface area contributed by atoms with Crippen LogP contribution in [-0.4, -0.2) is 23.8 Å². The summed E-state index contributed by atoms with van der Waals surface area (Å²) in [5.74, 6) is -2.24. The van der Waals surface area contributed by atoms with E-state index in [1.165, 1.54) is 22.3 Å². The Hall–Kier alpha value is -3.06. The number of hydrogen-bond donors (Lipinski definition) is 1. The molecule has 0 radical (unpaired) electrons. The van der Waals surface area contributed by atoms with E-state index in [1.807, 2.05) is 11.4 Å². The Labute approximate surface area is 171 Å². The molecule has 2 aromatic carbocycles. The first-order valence-corrected chi connectivity index (χ1v) is 9.87. The van der Waals surface area contributed by atoms with E-state index < -0.39 is 17.7 Å². The van der Waals surface area contributed by atoms with Crippen molar-refractivity contribution >= 4 is 23.2 Å². The standard InChI is InChI=1S/C22H20F2N2O2S/c1-14(17-9-10-18(23)19(24)12-17)26(2)22(28)16-7-5-15(6-8-16)13-25-21(27)20-4-3-11-29-20/h3-12,14H,13H2,1-2H3,(H,25,27). The molecular formula is C22H20F2N2O2S. The molecule has 150 valence electrons. The number of thiophene rings is 1. The molecule has 7 heteroatoms. The largest absolute Gasteiger partial charge is 0.347 e. The Morgan fingerprint density at radius 1 is 1.07 bits per heavy atom. The van der Waals surface area contributed by atoms with Gasteiger partial charge in [0.05, 0.1) is 10.9 Å². The summed E-state index contributed by atoms with van der Waals surface area (Å²) in [6, 6.07) is 13.7. The highest BCUT2D eigenvalue weighted by Gasteiger charge is 2.20. The molecule has 0 saturated carbocycles. The quantitative estimate of drug-likeness (QED) is 0.631. The number of carbonyl (C=O) groups is 2. The van der Waals surface area contributed by atoms with Crippen molar-refractivity contribution in [3.05, 3.63) is 93.2 Å². The first-order chi connectivity index (χ1) is 13.9. The molecule has 1 unspecified atom stereocenters. The van der Waals surface area contributed by atoms with E-state index in [9.17, 15) is 18.4 Å². The highest BCUT2D eigenvalue weighted by atomic mass is 32.1. The normalized spacial score (nSPS) is 11.7. The van der Waals surface area contributed by atoms with Crippen molar-refractivity contribution in [3.8, 4) is 0 Å². The zero-order valence-electron chi connectivity index (χ0n) is 16.0. The first-order valence-electron chi connectivity index (χ1n) is 8.99. The second-order valence-electron chi connectivity index (χ2n) is 6.62. The Morgan fingerprint density at radius 2 is 1.79 bits per heavy atom. The van der Waals surface area contributed by atoms with Gasteiger partial charge in [0.15, 0.2) is 11.6 Å². The maximum atomic E-state index is 13.5. The lowest BCUT2D eigenvalue weighted by atomic mass is 10.1. The molecule has 0 aliphatic heterocycles. The molecule has 1 heterocycles. The van der Waals surface area contributed by atoms with E-state index in [2.05, 4.69) is 5.32 Å². The van der Waals surface area contributed by atoms with Gasteiger partial charge in [-0.05, 0) is 53.8 Å². The summed E-state index contributed by atoms with van der Waals surface area (Å²) >= 11 is 1.37. The molecule has 0 bridgehead atoms. The Balaban J connectivity index is 1.63. The van der Waals surface area contributed by atoms with Gasteiger partial charge in [-0.25, -0.2) is 8.78 Å². The zero-order valence-corrected chi connectivity index (χ0v) is 16.8. The average Bonchev–Trinajstić information content (AvgIpc) is 3.28. The van der Waals surface area contributed by atoms with Crippen molar-refractivity contribution in [1.29, 1.82) is 0 Å². The van der Waals surface area contributed by atoms with E-state index in [1.54, 1.807) is 44.3 Å². The van der Waals surface area contributed by atoms with Gasteiger partial charge in [0.2, 0.25) is 0 Å². The van der Waals surface area contributed by atoms with Gasteiger partial charge in [-0.3, -0.25) is 9.59 Å². The zero-order chi connectivity index (χ0) is 21.0. The van der Waals surface area contributed by atoms with Crippen LogP contribution in [0.3, 0.4) is 0 Å². The summed E-state index contributed by atoms with van der Waals surface area (Å²) in [5.41, 5.74) is 1.84. The number of amides is 2. The highest BCUT2D eigenvalue weighted by molar-refractivity contribution is 7.12. The lowest BCUT2D eigenvalue weighted by Crippen LogP contribution is -2.29. The Kier molecular flexibility index (Phi) is 6.39. The van der Waals surface area contributed by atoms with E-state index >= 15 is 0 Å². The van der Waals surface area contributed by atoms with Crippen LogP contribution < -0.4 is 5.32 Å². The van der Waals surface area contributed by atoms with Crippen molar-refractivity contribution in [2.45, 2.75) is 19.5 Å². The molecule has 1 N–H and O–H groups in total. The number of halogens is 2. The van der Waals surface area contributed by atoms with Gasteiger partial charge >= 0.3 is 0 Å². The van der Waals surface area contributed by atoms with E-state index in [0.717, 1.165) is 17.7 Å².